The van der Waals surface area contributed by atoms with Gasteiger partial charge in [-0.15, -0.1) is 0 Å². The van der Waals surface area contributed by atoms with Crippen molar-refractivity contribution < 1.29 is 17.9 Å². The second kappa shape index (κ2) is 7.25. The predicted octanol–water partition coefficient (Wildman–Crippen LogP) is 1.11. The molecule has 1 aromatic heterocycles. The van der Waals surface area contributed by atoms with Crippen molar-refractivity contribution in [3.63, 3.8) is 0 Å². The highest BCUT2D eigenvalue weighted by molar-refractivity contribution is 7.89. The van der Waals surface area contributed by atoms with E-state index in [9.17, 15) is 13.2 Å². The third-order valence-corrected chi connectivity index (χ3v) is 6.54. The maximum absolute atomic E-state index is 12.7. The summed E-state index contributed by atoms with van der Waals surface area (Å²) in [4.78, 5) is 12.5. The van der Waals surface area contributed by atoms with Crippen LogP contribution in [-0.2, 0) is 21.8 Å². The second-order valence-electron chi connectivity index (χ2n) is 6.48. The van der Waals surface area contributed by atoms with Crippen LogP contribution >= 0.6 is 0 Å². The van der Waals surface area contributed by atoms with Crippen molar-refractivity contribution in [3.8, 4) is 0 Å². The normalized spacial score (nSPS) is 22.6. The summed E-state index contributed by atoms with van der Waals surface area (Å²) >= 11 is 0. The van der Waals surface area contributed by atoms with Gasteiger partial charge in [0.25, 0.3) is 5.91 Å². The van der Waals surface area contributed by atoms with Gasteiger partial charge in [-0.3, -0.25) is 4.79 Å². The molecule has 8 heteroatoms. The van der Waals surface area contributed by atoms with Gasteiger partial charge in [0.05, 0.1) is 6.10 Å². The van der Waals surface area contributed by atoms with Crippen LogP contribution in [0.4, 0.5) is 0 Å². The van der Waals surface area contributed by atoms with Gasteiger partial charge in [-0.25, -0.2) is 8.42 Å². The van der Waals surface area contributed by atoms with E-state index < -0.39 is 10.0 Å². The highest BCUT2D eigenvalue weighted by Gasteiger charge is 2.28. The fourth-order valence-corrected chi connectivity index (χ4v) is 4.85. The lowest BCUT2D eigenvalue weighted by molar-refractivity contribution is 0.0851. The van der Waals surface area contributed by atoms with Gasteiger partial charge in [0.2, 0.25) is 10.0 Å². The first kappa shape index (κ1) is 17.4. The zero-order valence-corrected chi connectivity index (χ0v) is 14.8. The second-order valence-corrected chi connectivity index (χ2v) is 8.42. The Bertz CT molecular complexity index is 686. The molecule has 1 amide bonds. The predicted molar refractivity (Wildman–Crippen MR) is 89.3 cm³/mol. The lowest BCUT2D eigenvalue weighted by Crippen LogP contribution is -2.35. The van der Waals surface area contributed by atoms with E-state index in [1.54, 1.807) is 11.6 Å². The fraction of sp³-hybridized carbons (Fsp3) is 0.688. The largest absolute Gasteiger partial charge is 0.376 e. The maximum Gasteiger partial charge on any atom is 0.268 e. The van der Waals surface area contributed by atoms with Crippen LogP contribution in [-0.4, -0.2) is 55.5 Å². The highest BCUT2D eigenvalue weighted by Crippen LogP contribution is 2.22. The smallest absolute Gasteiger partial charge is 0.268 e. The number of piperidine rings is 1. The molecule has 1 aromatic rings. The minimum absolute atomic E-state index is 0.0609. The summed E-state index contributed by atoms with van der Waals surface area (Å²) in [6.07, 6.45) is 6.39. The Balaban J connectivity index is 1.70. The molecule has 7 nitrogen and oxygen atoms in total. The summed E-state index contributed by atoms with van der Waals surface area (Å²) in [7, 11) is -1.83. The number of amides is 1. The summed E-state index contributed by atoms with van der Waals surface area (Å²) in [5.74, 6) is -0.270. The summed E-state index contributed by atoms with van der Waals surface area (Å²) < 4.78 is 34.0. The molecule has 2 aliphatic heterocycles. The zero-order valence-electron chi connectivity index (χ0n) is 14.0. The van der Waals surface area contributed by atoms with Crippen LogP contribution in [0.3, 0.4) is 0 Å². The number of rotatable bonds is 5. The van der Waals surface area contributed by atoms with E-state index in [-0.39, 0.29) is 16.9 Å². The molecule has 2 aliphatic rings. The summed E-state index contributed by atoms with van der Waals surface area (Å²) in [5.41, 5.74) is 0.351. The van der Waals surface area contributed by atoms with Crippen molar-refractivity contribution in [1.29, 1.82) is 0 Å². The quantitative estimate of drug-likeness (QED) is 0.858. The van der Waals surface area contributed by atoms with Crippen LogP contribution in [0.15, 0.2) is 17.2 Å². The van der Waals surface area contributed by atoms with Crippen LogP contribution in [0.25, 0.3) is 0 Å². The molecule has 3 rings (SSSR count). The number of aromatic nitrogens is 1. The SMILES string of the molecule is Cn1cc(S(=O)(=O)N2CCCCC2)cc1C(=O)NCC1CCCO1. The van der Waals surface area contributed by atoms with Crippen molar-refractivity contribution in [2.45, 2.75) is 43.1 Å². The Kier molecular flexibility index (Phi) is 5.27. The first-order valence-corrected chi connectivity index (χ1v) is 9.99. The standard InChI is InChI=1S/C16H25N3O4S/c1-18-12-14(24(21,22)19-7-3-2-4-8-19)10-15(18)16(20)17-11-13-6-5-9-23-13/h10,12-13H,2-9,11H2,1H3,(H,17,20). The van der Waals surface area contributed by atoms with E-state index in [1.807, 2.05) is 0 Å². The highest BCUT2D eigenvalue weighted by atomic mass is 32.2. The topological polar surface area (TPSA) is 80.6 Å². The lowest BCUT2D eigenvalue weighted by atomic mass is 10.2. The molecule has 2 fully saturated rings. The maximum atomic E-state index is 12.7. The van der Waals surface area contributed by atoms with Crippen molar-refractivity contribution >= 4 is 15.9 Å². The fourth-order valence-electron chi connectivity index (χ4n) is 3.26. The van der Waals surface area contributed by atoms with E-state index in [0.29, 0.717) is 25.3 Å². The van der Waals surface area contributed by atoms with Gasteiger partial charge in [0.15, 0.2) is 0 Å². The molecule has 1 N–H and O–H groups in total. The average Bonchev–Trinajstić information content (AvgIpc) is 3.23. The van der Waals surface area contributed by atoms with Crippen LogP contribution in [0, 0.1) is 0 Å². The number of carbonyl (C=O) groups is 1. The van der Waals surface area contributed by atoms with Crippen molar-refractivity contribution in [3.05, 3.63) is 18.0 Å². The van der Waals surface area contributed by atoms with E-state index in [4.69, 9.17) is 4.74 Å². The molecule has 0 aliphatic carbocycles. The monoisotopic (exact) mass is 355 g/mol. The van der Waals surface area contributed by atoms with Gasteiger partial charge in [-0.05, 0) is 31.7 Å². The minimum Gasteiger partial charge on any atom is -0.376 e. The van der Waals surface area contributed by atoms with Crippen LogP contribution < -0.4 is 5.32 Å². The van der Waals surface area contributed by atoms with Gasteiger partial charge < -0.3 is 14.6 Å². The van der Waals surface area contributed by atoms with E-state index in [0.717, 1.165) is 38.7 Å². The third-order valence-electron chi connectivity index (χ3n) is 4.68. The number of sulfonamides is 1. The summed E-state index contributed by atoms with van der Waals surface area (Å²) in [6.45, 7) is 2.30. The molecule has 0 radical (unpaired) electrons. The molecular weight excluding hydrogens is 330 g/mol. The molecule has 0 saturated carbocycles. The molecule has 3 heterocycles. The van der Waals surface area contributed by atoms with Crippen molar-refractivity contribution in [2.75, 3.05) is 26.2 Å². The molecule has 134 valence electrons. The van der Waals surface area contributed by atoms with Gasteiger partial charge in [0, 0.05) is 39.5 Å². The molecule has 24 heavy (non-hydrogen) atoms. The Hall–Kier alpha value is -1.38. The first-order valence-electron chi connectivity index (χ1n) is 8.55. The van der Waals surface area contributed by atoms with E-state index in [2.05, 4.69) is 5.32 Å². The summed E-state index contributed by atoms with van der Waals surface area (Å²) in [6, 6.07) is 1.47. The number of nitrogens with one attached hydrogen (secondary N) is 1. The number of hydrogen-bond acceptors (Lipinski definition) is 4. The first-order chi connectivity index (χ1) is 11.5. The Morgan fingerprint density at radius 3 is 2.71 bits per heavy atom. The zero-order chi connectivity index (χ0) is 17.2. The molecular formula is C16H25N3O4S. The average molecular weight is 355 g/mol. The number of ether oxygens (including phenoxy) is 1. The number of carbonyl (C=O) groups excluding carboxylic acids is 1. The molecule has 0 aromatic carbocycles. The van der Waals surface area contributed by atoms with E-state index in [1.165, 1.54) is 16.6 Å². The Labute approximate surface area is 143 Å². The Morgan fingerprint density at radius 2 is 2.04 bits per heavy atom. The lowest BCUT2D eigenvalue weighted by Gasteiger charge is -2.25. The summed E-state index contributed by atoms with van der Waals surface area (Å²) in [5, 5.41) is 2.83. The third kappa shape index (κ3) is 3.65. The molecule has 1 unspecified atom stereocenters. The number of aryl methyl sites for hydroxylation is 1. The number of hydrogen-bond donors (Lipinski definition) is 1. The number of nitrogens with zero attached hydrogens (tertiary/aromatic N) is 2. The van der Waals surface area contributed by atoms with Crippen molar-refractivity contribution in [1.82, 2.24) is 14.2 Å². The van der Waals surface area contributed by atoms with Crippen LogP contribution in [0.5, 0.6) is 0 Å². The minimum atomic E-state index is -3.52. The molecule has 0 bridgehead atoms. The molecule has 2 saturated heterocycles. The van der Waals surface area contributed by atoms with Gasteiger partial charge in [0.1, 0.15) is 10.6 Å². The van der Waals surface area contributed by atoms with E-state index >= 15 is 0 Å². The Morgan fingerprint density at radius 1 is 1.29 bits per heavy atom. The van der Waals surface area contributed by atoms with Gasteiger partial charge in [-0.2, -0.15) is 4.31 Å². The molecule has 0 spiro atoms. The van der Waals surface area contributed by atoms with Gasteiger partial charge >= 0.3 is 0 Å². The van der Waals surface area contributed by atoms with Crippen LogP contribution in [0.1, 0.15) is 42.6 Å². The molecule has 1 atom stereocenters. The van der Waals surface area contributed by atoms with Crippen LogP contribution in [0.2, 0.25) is 0 Å². The van der Waals surface area contributed by atoms with Gasteiger partial charge in [-0.1, -0.05) is 6.42 Å². The van der Waals surface area contributed by atoms with Crippen molar-refractivity contribution in [2.24, 2.45) is 7.05 Å².